The molecule has 3 N–H and O–H groups in total. The molecule has 2 unspecified atom stereocenters. The van der Waals surface area contributed by atoms with Crippen LogP contribution in [0.1, 0.15) is 32.4 Å². The van der Waals surface area contributed by atoms with E-state index in [-0.39, 0.29) is 11.9 Å². The van der Waals surface area contributed by atoms with Crippen LogP contribution in [0.15, 0.2) is 24.3 Å². The van der Waals surface area contributed by atoms with Crippen molar-refractivity contribution in [2.45, 2.75) is 32.4 Å². The highest BCUT2D eigenvalue weighted by molar-refractivity contribution is 5.83. The summed E-state index contributed by atoms with van der Waals surface area (Å²) >= 11 is 0. The van der Waals surface area contributed by atoms with Crippen molar-refractivity contribution in [3.8, 4) is 5.75 Å². The number of rotatable bonds is 3. The Labute approximate surface area is 108 Å². The molecule has 0 spiro atoms. The summed E-state index contributed by atoms with van der Waals surface area (Å²) in [6.45, 7) is 6.36. The Hall–Kier alpha value is -1.55. The van der Waals surface area contributed by atoms with Gasteiger partial charge in [-0.2, -0.15) is 0 Å². The number of primary amides is 1. The molecule has 0 aromatic heterocycles. The molecule has 1 aromatic carbocycles. The van der Waals surface area contributed by atoms with Crippen molar-refractivity contribution in [2.75, 3.05) is 6.61 Å². The lowest BCUT2D eigenvalue weighted by Crippen LogP contribution is -2.54. The highest BCUT2D eigenvalue weighted by Crippen LogP contribution is 2.36. The van der Waals surface area contributed by atoms with Gasteiger partial charge in [-0.05, 0) is 19.9 Å². The largest absolute Gasteiger partial charge is 0.493 e. The maximum Gasteiger partial charge on any atom is 0.237 e. The Balaban J connectivity index is 2.30. The summed E-state index contributed by atoms with van der Waals surface area (Å²) in [4.78, 5) is 11.4. The van der Waals surface area contributed by atoms with Gasteiger partial charge in [-0.25, -0.2) is 0 Å². The van der Waals surface area contributed by atoms with Crippen LogP contribution in [-0.2, 0) is 4.79 Å². The van der Waals surface area contributed by atoms with Crippen LogP contribution in [0.2, 0.25) is 0 Å². The molecule has 0 fully saturated rings. The number of hydrogen-bond donors (Lipinski definition) is 2. The fourth-order valence-corrected chi connectivity index (χ4v) is 2.17. The summed E-state index contributed by atoms with van der Waals surface area (Å²) in [6, 6.07) is 7.99. The highest BCUT2D eigenvalue weighted by atomic mass is 16.5. The second-order valence-electron chi connectivity index (χ2n) is 5.44. The number of nitrogens with two attached hydrogens (primary N) is 1. The normalized spacial score (nSPS) is 23.1. The quantitative estimate of drug-likeness (QED) is 0.854. The zero-order valence-corrected chi connectivity index (χ0v) is 11.1. The van der Waals surface area contributed by atoms with E-state index in [1.165, 1.54) is 0 Å². The number of carbonyl (C=O) groups is 1. The van der Waals surface area contributed by atoms with Gasteiger partial charge in [-0.3, -0.25) is 10.1 Å². The van der Waals surface area contributed by atoms with Crippen molar-refractivity contribution in [3.05, 3.63) is 29.8 Å². The summed E-state index contributed by atoms with van der Waals surface area (Å²) in [6.07, 6.45) is 0. The van der Waals surface area contributed by atoms with Crippen LogP contribution in [0, 0.1) is 5.92 Å². The van der Waals surface area contributed by atoms with Gasteiger partial charge < -0.3 is 10.5 Å². The van der Waals surface area contributed by atoms with Crippen molar-refractivity contribution in [1.29, 1.82) is 0 Å². The number of carbonyl (C=O) groups excluding carboxylic acids is 1. The first kappa shape index (κ1) is 12.9. The zero-order chi connectivity index (χ0) is 13.3. The van der Waals surface area contributed by atoms with Gasteiger partial charge in [-0.15, -0.1) is 0 Å². The van der Waals surface area contributed by atoms with E-state index in [2.05, 4.69) is 12.2 Å². The number of fused-ring (bicyclic) bond motifs is 1. The second kappa shape index (κ2) is 4.61. The topological polar surface area (TPSA) is 64.3 Å². The van der Waals surface area contributed by atoms with Crippen molar-refractivity contribution in [2.24, 2.45) is 11.7 Å². The SMILES string of the molecule is CC1COc2ccccc2C1NC(C)(C)C(N)=O. The van der Waals surface area contributed by atoms with Gasteiger partial charge in [0.1, 0.15) is 5.75 Å². The lowest BCUT2D eigenvalue weighted by Gasteiger charge is -2.37. The minimum absolute atomic E-state index is 0.0810. The number of hydrogen-bond acceptors (Lipinski definition) is 3. The van der Waals surface area contributed by atoms with E-state index in [4.69, 9.17) is 10.5 Å². The fraction of sp³-hybridized carbons (Fsp3) is 0.500. The lowest BCUT2D eigenvalue weighted by molar-refractivity contribution is -0.123. The smallest absolute Gasteiger partial charge is 0.237 e. The molecule has 0 bridgehead atoms. The van der Waals surface area contributed by atoms with E-state index in [9.17, 15) is 4.79 Å². The Morgan fingerprint density at radius 2 is 2.11 bits per heavy atom. The third-order valence-electron chi connectivity index (χ3n) is 3.46. The molecule has 1 aliphatic heterocycles. The molecule has 0 saturated carbocycles. The average Bonchev–Trinajstić information content (AvgIpc) is 2.32. The van der Waals surface area contributed by atoms with E-state index in [1.54, 1.807) is 13.8 Å². The van der Waals surface area contributed by atoms with Gasteiger partial charge >= 0.3 is 0 Å². The molecular formula is C14H20N2O2. The number of para-hydroxylation sites is 1. The van der Waals surface area contributed by atoms with Crippen molar-refractivity contribution >= 4 is 5.91 Å². The molecule has 1 heterocycles. The zero-order valence-electron chi connectivity index (χ0n) is 11.1. The van der Waals surface area contributed by atoms with E-state index < -0.39 is 5.54 Å². The minimum atomic E-state index is -0.733. The van der Waals surface area contributed by atoms with Gasteiger partial charge in [0.05, 0.1) is 12.1 Å². The van der Waals surface area contributed by atoms with Crippen LogP contribution in [0.3, 0.4) is 0 Å². The molecule has 98 valence electrons. The van der Waals surface area contributed by atoms with E-state index in [0.29, 0.717) is 12.5 Å². The number of amides is 1. The van der Waals surface area contributed by atoms with Crippen LogP contribution >= 0.6 is 0 Å². The molecule has 2 rings (SSSR count). The maximum absolute atomic E-state index is 11.4. The monoisotopic (exact) mass is 248 g/mol. The van der Waals surface area contributed by atoms with Crippen LogP contribution < -0.4 is 15.8 Å². The summed E-state index contributed by atoms with van der Waals surface area (Å²) in [5.41, 5.74) is 5.78. The Morgan fingerprint density at radius 3 is 2.78 bits per heavy atom. The first-order chi connectivity index (χ1) is 8.42. The van der Waals surface area contributed by atoms with Crippen LogP contribution in [-0.4, -0.2) is 18.1 Å². The molecule has 1 aromatic rings. The first-order valence-corrected chi connectivity index (χ1v) is 6.21. The maximum atomic E-state index is 11.4. The van der Waals surface area contributed by atoms with Crippen LogP contribution in [0.25, 0.3) is 0 Å². The van der Waals surface area contributed by atoms with Crippen molar-refractivity contribution in [1.82, 2.24) is 5.32 Å². The molecule has 4 heteroatoms. The minimum Gasteiger partial charge on any atom is -0.493 e. The van der Waals surface area contributed by atoms with E-state index in [0.717, 1.165) is 11.3 Å². The van der Waals surface area contributed by atoms with Crippen LogP contribution in [0.5, 0.6) is 5.75 Å². The number of nitrogens with one attached hydrogen (secondary N) is 1. The van der Waals surface area contributed by atoms with Gasteiger partial charge in [0.25, 0.3) is 0 Å². The molecule has 18 heavy (non-hydrogen) atoms. The third-order valence-corrected chi connectivity index (χ3v) is 3.46. The lowest BCUT2D eigenvalue weighted by atomic mass is 9.89. The summed E-state index contributed by atoms with van der Waals surface area (Å²) in [5, 5.41) is 3.35. The molecular weight excluding hydrogens is 228 g/mol. The third kappa shape index (κ3) is 2.34. The summed E-state index contributed by atoms with van der Waals surface area (Å²) < 4.78 is 5.68. The second-order valence-corrected chi connectivity index (χ2v) is 5.44. The standard InChI is InChI=1S/C14H20N2O2/c1-9-8-18-11-7-5-4-6-10(11)12(9)16-14(2,3)13(15)17/h4-7,9,12,16H,8H2,1-3H3,(H2,15,17). The molecule has 1 amide bonds. The Kier molecular flexibility index (Phi) is 3.30. The number of ether oxygens (including phenoxy) is 1. The summed E-state index contributed by atoms with van der Waals surface area (Å²) in [5.74, 6) is 0.825. The number of benzene rings is 1. The molecule has 1 aliphatic rings. The Morgan fingerprint density at radius 1 is 1.44 bits per heavy atom. The molecule has 2 atom stereocenters. The van der Waals surface area contributed by atoms with Gasteiger partial charge in [-0.1, -0.05) is 25.1 Å². The molecule has 0 saturated heterocycles. The van der Waals surface area contributed by atoms with Gasteiger partial charge in [0.15, 0.2) is 0 Å². The fourth-order valence-electron chi connectivity index (χ4n) is 2.17. The van der Waals surface area contributed by atoms with Gasteiger partial charge in [0.2, 0.25) is 5.91 Å². The van der Waals surface area contributed by atoms with E-state index in [1.807, 2.05) is 24.3 Å². The molecule has 0 aliphatic carbocycles. The average molecular weight is 248 g/mol. The van der Waals surface area contributed by atoms with Crippen LogP contribution in [0.4, 0.5) is 0 Å². The molecule has 0 radical (unpaired) electrons. The van der Waals surface area contributed by atoms with E-state index >= 15 is 0 Å². The summed E-state index contributed by atoms with van der Waals surface area (Å²) in [7, 11) is 0. The first-order valence-electron chi connectivity index (χ1n) is 6.21. The van der Waals surface area contributed by atoms with Crippen molar-refractivity contribution < 1.29 is 9.53 Å². The predicted octanol–water partition coefficient (Wildman–Crippen LogP) is 1.61. The molecule has 4 nitrogen and oxygen atoms in total. The highest BCUT2D eigenvalue weighted by Gasteiger charge is 2.34. The van der Waals surface area contributed by atoms with Gasteiger partial charge in [0, 0.05) is 17.5 Å². The Bertz CT molecular complexity index is 457. The van der Waals surface area contributed by atoms with Crippen molar-refractivity contribution in [3.63, 3.8) is 0 Å². The predicted molar refractivity (Wildman–Crippen MR) is 70.3 cm³/mol.